The summed E-state index contributed by atoms with van der Waals surface area (Å²) in [6.07, 6.45) is -4.95. The molecule has 0 aliphatic carbocycles. The minimum absolute atomic E-state index is 0.356. The number of rotatable bonds is 2. The number of nitrogens with zero attached hydrogens (tertiary/aromatic N) is 2. The molecule has 3 amide bonds. The summed E-state index contributed by atoms with van der Waals surface area (Å²) in [6, 6.07) is 1.22. The van der Waals surface area contributed by atoms with Crippen LogP contribution >= 0.6 is 0 Å². The molecule has 0 spiro atoms. The van der Waals surface area contributed by atoms with Gasteiger partial charge in [0.2, 0.25) is 0 Å². The summed E-state index contributed by atoms with van der Waals surface area (Å²) in [5.41, 5.74) is -4.11. The maximum absolute atomic E-state index is 12.9. The van der Waals surface area contributed by atoms with Crippen molar-refractivity contribution in [3.63, 3.8) is 0 Å². The van der Waals surface area contributed by atoms with E-state index in [-0.39, 0.29) is 5.69 Å². The van der Waals surface area contributed by atoms with Crippen LogP contribution in [0.15, 0.2) is 18.2 Å². The second kappa shape index (κ2) is 4.85. The number of benzene rings is 1. The zero-order valence-corrected chi connectivity index (χ0v) is 11.4. The van der Waals surface area contributed by atoms with E-state index < -0.39 is 40.1 Å². The van der Waals surface area contributed by atoms with Crippen LogP contribution in [0.2, 0.25) is 0 Å². The SMILES string of the molecule is CC1(C)NC(=O)N(c2ccc(N([O-])O)c(C(F)(F)F)c2)C1=O. The number of hydrogen-bond donors (Lipinski definition) is 2. The Hall–Kier alpha value is -2.33. The molecule has 0 saturated carbocycles. The maximum atomic E-state index is 12.9. The van der Waals surface area contributed by atoms with E-state index in [1.807, 2.05) is 0 Å². The highest BCUT2D eigenvalue weighted by molar-refractivity contribution is 6.23. The first-order valence-electron chi connectivity index (χ1n) is 5.99. The Morgan fingerprint density at radius 2 is 1.91 bits per heavy atom. The van der Waals surface area contributed by atoms with Gasteiger partial charge in [-0.25, -0.2) is 9.69 Å². The maximum Gasteiger partial charge on any atom is 0.418 e. The van der Waals surface area contributed by atoms with Crippen molar-refractivity contribution in [2.24, 2.45) is 0 Å². The Morgan fingerprint density at radius 1 is 1.32 bits per heavy atom. The van der Waals surface area contributed by atoms with E-state index in [4.69, 9.17) is 5.21 Å². The highest BCUT2D eigenvalue weighted by atomic mass is 19.4. The van der Waals surface area contributed by atoms with Crippen LogP contribution in [0, 0.1) is 5.21 Å². The highest BCUT2D eigenvalue weighted by Gasteiger charge is 2.46. The molecule has 1 aromatic carbocycles. The number of hydrogen-bond acceptors (Lipinski definition) is 5. The molecule has 0 atom stereocenters. The Morgan fingerprint density at radius 3 is 2.32 bits per heavy atom. The van der Waals surface area contributed by atoms with Gasteiger partial charge in [-0.2, -0.15) is 13.2 Å². The van der Waals surface area contributed by atoms with E-state index in [0.29, 0.717) is 17.0 Å². The smallest absolute Gasteiger partial charge is 0.418 e. The first-order chi connectivity index (χ1) is 9.95. The Bertz CT molecular complexity index is 643. The van der Waals surface area contributed by atoms with Crippen molar-refractivity contribution < 1.29 is 28.0 Å². The fourth-order valence-corrected chi connectivity index (χ4v) is 2.04. The van der Waals surface area contributed by atoms with Crippen molar-refractivity contribution in [2.45, 2.75) is 25.6 Å². The number of alkyl halides is 3. The Balaban J connectivity index is 2.55. The monoisotopic (exact) mass is 318 g/mol. The summed E-state index contributed by atoms with van der Waals surface area (Å²) in [6.45, 7) is 2.80. The number of carbonyl (C=O) groups is 2. The number of urea groups is 1. The molecule has 2 rings (SSSR count). The summed E-state index contributed by atoms with van der Waals surface area (Å²) in [5, 5.41) is 20.9. The van der Waals surface area contributed by atoms with Gasteiger partial charge in [0.05, 0.1) is 16.9 Å². The lowest BCUT2D eigenvalue weighted by atomic mass is 10.1. The Labute approximate surface area is 122 Å². The molecule has 1 aliphatic heterocycles. The van der Waals surface area contributed by atoms with E-state index in [0.717, 1.165) is 6.07 Å². The van der Waals surface area contributed by atoms with Crippen LogP contribution < -0.4 is 15.4 Å². The molecule has 0 aromatic heterocycles. The summed E-state index contributed by atoms with van der Waals surface area (Å²) < 4.78 is 38.8. The lowest BCUT2D eigenvalue weighted by molar-refractivity contribution is -0.137. The summed E-state index contributed by atoms with van der Waals surface area (Å²) in [7, 11) is 0. The van der Waals surface area contributed by atoms with Crippen molar-refractivity contribution in [3.8, 4) is 0 Å². The molecule has 22 heavy (non-hydrogen) atoms. The normalized spacial score (nSPS) is 17.7. The second-order valence-corrected chi connectivity index (χ2v) is 5.17. The standard InChI is InChI=1S/C12H11F3N3O4/c1-11(2)9(19)17(10(20)16-11)6-3-4-8(18(21)22)7(5-6)12(13,14)15/h3-5,21H,1-2H3,(H,16,20)/q-1. The second-order valence-electron chi connectivity index (χ2n) is 5.17. The van der Waals surface area contributed by atoms with Crippen LogP contribution in [-0.4, -0.2) is 22.7 Å². The molecular formula is C12H11F3N3O4-. The van der Waals surface area contributed by atoms with Crippen LogP contribution in [0.25, 0.3) is 0 Å². The molecule has 0 radical (unpaired) electrons. The first-order valence-corrected chi connectivity index (χ1v) is 5.99. The van der Waals surface area contributed by atoms with Gasteiger partial charge in [-0.15, -0.1) is 0 Å². The quantitative estimate of drug-likeness (QED) is 0.644. The first kappa shape index (κ1) is 16.0. The van der Waals surface area contributed by atoms with E-state index in [1.165, 1.54) is 13.8 Å². The van der Waals surface area contributed by atoms with E-state index >= 15 is 0 Å². The van der Waals surface area contributed by atoms with Gasteiger partial charge in [0, 0.05) is 0 Å². The molecule has 0 unspecified atom stereocenters. The number of nitrogens with one attached hydrogen (secondary N) is 1. The van der Waals surface area contributed by atoms with Crippen molar-refractivity contribution in [1.82, 2.24) is 5.32 Å². The van der Waals surface area contributed by atoms with Crippen LogP contribution in [-0.2, 0) is 11.0 Å². The number of halogens is 3. The van der Waals surface area contributed by atoms with Gasteiger partial charge in [0.15, 0.2) is 0 Å². The third kappa shape index (κ3) is 2.57. The average Bonchev–Trinajstić information content (AvgIpc) is 2.56. The fraction of sp³-hybridized carbons (Fsp3) is 0.333. The Kier molecular flexibility index (Phi) is 3.54. The third-order valence-corrected chi connectivity index (χ3v) is 3.11. The summed E-state index contributed by atoms with van der Waals surface area (Å²) in [5.74, 6) is -0.735. The van der Waals surface area contributed by atoms with E-state index in [9.17, 15) is 28.0 Å². The van der Waals surface area contributed by atoms with Crippen LogP contribution in [0.5, 0.6) is 0 Å². The molecule has 7 nitrogen and oxygen atoms in total. The zero-order chi connectivity index (χ0) is 16.9. The van der Waals surface area contributed by atoms with Crippen LogP contribution in [0.1, 0.15) is 19.4 Å². The van der Waals surface area contributed by atoms with Crippen molar-refractivity contribution in [3.05, 3.63) is 29.0 Å². The molecule has 1 aromatic rings. The molecule has 1 saturated heterocycles. The number of carbonyl (C=O) groups excluding carboxylic acids is 2. The molecule has 1 aliphatic rings. The lowest BCUT2D eigenvalue weighted by Gasteiger charge is -2.26. The van der Waals surface area contributed by atoms with Crippen molar-refractivity contribution in [2.75, 3.05) is 10.1 Å². The van der Waals surface area contributed by atoms with Gasteiger partial charge < -0.3 is 15.8 Å². The van der Waals surface area contributed by atoms with Gasteiger partial charge in [-0.1, -0.05) is 0 Å². The average molecular weight is 318 g/mol. The van der Waals surface area contributed by atoms with E-state index in [2.05, 4.69) is 5.32 Å². The highest BCUT2D eigenvalue weighted by Crippen LogP contribution is 2.39. The molecule has 10 heteroatoms. The van der Waals surface area contributed by atoms with Crippen molar-refractivity contribution in [1.29, 1.82) is 0 Å². The number of anilines is 2. The van der Waals surface area contributed by atoms with Gasteiger partial charge in [-0.05, 0) is 32.0 Å². The molecular weight excluding hydrogens is 307 g/mol. The van der Waals surface area contributed by atoms with Gasteiger partial charge in [-0.3, -0.25) is 10.0 Å². The summed E-state index contributed by atoms with van der Waals surface area (Å²) >= 11 is 0. The molecule has 1 heterocycles. The minimum Gasteiger partial charge on any atom is -0.733 e. The topological polar surface area (TPSA) is 95.9 Å². The third-order valence-electron chi connectivity index (χ3n) is 3.11. The van der Waals surface area contributed by atoms with Crippen molar-refractivity contribution >= 4 is 23.3 Å². The van der Waals surface area contributed by atoms with Gasteiger partial charge in [0.25, 0.3) is 5.91 Å². The molecule has 120 valence electrons. The number of amides is 3. The minimum atomic E-state index is -4.95. The molecule has 2 N–H and O–H groups in total. The zero-order valence-electron chi connectivity index (χ0n) is 11.4. The largest absolute Gasteiger partial charge is 0.733 e. The van der Waals surface area contributed by atoms with Gasteiger partial charge in [0.1, 0.15) is 5.54 Å². The molecule has 1 fully saturated rings. The lowest BCUT2D eigenvalue weighted by Crippen LogP contribution is -2.40. The van der Waals surface area contributed by atoms with E-state index in [1.54, 1.807) is 0 Å². The van der Waals surface area contributed by atoms with Crippen LogP contribution in [0.4, 0.5) is 29.3 Å². The predicted octanol–water partition coefficient (Wildman–Crippen LogP) is 2.23. The molecule has 0 bridgehead atoms. The number of imide groups is 1. The van der Waals surface area contributed by atoms with Crippen LogP contribution in [0.3, 0.4) is 0 Å². The predicted molar refractivity (Wildman–Crippen MR) is 69.2 cm³/mol. The fourth-order valence-electron chi connectivity index (χ4n) is 2.04. The van der Waals surface area contributed by atoms with Gasteiger partial charge >= 0.3 is 12.2 Å². The summed E-state index contributed by atoms with van der Waals surface area (Å²) in [4.78, 5) is 24.4.